The van der Waals surface area contributed by atoms with Crippen molar-refractivity contribution in [2.45, 2.75) is 69.5 Å². The van der Waals surface area contributed by atoms with Gasteiger partial charge in [-0.1, -0.05) is 0 Å². The Labute approximate surface area is 237 Å². The molecule has 41 heavy (non-hydrogen) atoms. The van der Waals surface area contributed by atoms with Crippen LogP contribution in [0.15, 0.2) is 29.4 Å². The third-order valence-electron chi connectivity index (χ3n) is 7.55. The number of anilines is 1. The summed E-state index contributed by atoms with van der Waals surface area (Å²) in [5.41, 5.74) is 1.85. The molecule has 4 atom stereocenters. The highest BCUT2D eigenvalue weighted by molar-refractivity contribution is 6.03. The van der Waals surface area contributed by atoms with Crippen LogP contribution >= 0.6 is 0 Å². The van der Waals surface area contributed by atoms with E-state index in [1.807, 2.05) is 11.1 Å². The summed E-state index contributed by atoms with van der Waals surface area (Å²) in [5, 5.41) is 22.6. The number of hydrogen-bond donors (Lipinski definition) is 3. The number of nitrogens with zero attached hydrogens (tertiary/aromatic N) is 3. The Morgan fingerprint density at radius 3 is 2.88 bits per heavy atom. The summed E-state index contributed by atoms with van der Waals surface area (Å²) in [7, 11) is 1.72. The van der Waals surface area contributed by atoms with Gasteiger partial charge in [0.2, 0.25) is 12.2 Å². The van der Waals surface area contributed by atoms with Crippen LogP contribution in [0.3, 0.4) is 0 Å². The number of aryl methyl sites for hydroxylation is 1. The Morgan fingerprint density at radius 2 is 2.10 bits per heavy atom. The largest absolute Gasteiger partial charge is 0.490 e. The second-order valence-electron chi connectivity index (χ2n) is 10.7. The summed E-state index contributed by atoms with van der Waals surface area (Å²) < 4.78 is 19.6. The molecule has 0 spiro atoms. The molecule has 4 unspecified atom stereocenters. The Morgan fingerprint density at radius 1 is 1.24 bits per heavy atom. The zero-order valence-electron chi connectivity index (χ0n) is 23.0. The zero-order chi connectivity index (χ0) is 28.9. The zero-order valence-corrected chi connectivity index (χ0v) is 23.0. The fourth-order valence-corrected chi connectivity index (χ4v) is 5.41. The molecule has 3 aliphatic rings. The fraction of sp³-hybridized carbons (Fsp3) is 0.517. The topological polar surface area (TPSA) is 152 Å². The maximum atomic E-state index is 13.5. The standard InChI is InChI=1S/C29H36N4O8/c1-32-15-18(9-20(32)16-34)31-27(37)6-4-8-39-25-13-24-23(29(38)33-7-3-2-5-19(33)14-30-24)12-26(25)41-28-11-21(36)10-22(17-35)40-28/h9,12-16,19,21-22,28,35-36H,2-8,10-11,17H2,1H3,(H,31,37). The van der Waals surface area contributed by atoms with E-state index in [9.17, 15) is 24.6 Å². The molecule has 2 aromatic rings. The van der Waals surface area contributed by atoms with E-state index in [0.29, 0.717) is 47.8 Å². The van der Waals surface area contributed by atoms with Gasteiger partial charge in [0.05, 0.1) is 54.1 Å². The van der Waals surface area contributed by atoms with Crippen LogP contribution < -0.4 is 14.8 Å². The van der Waals surface area contributed by atoms with E-state index in [4.69, 9.17) is 14.2 Å². The predicted octanol–water partition coefficient (Wildman–Crippen LogP) is 2.58. The number of aromatic nitrogens is 1. The van der Waals surface area contributed by atoms with Crippen molar-refractivity contribution < 1.29 is 38.8 Å². The molecule has 3 aliphatic heterocycles. The number of hydrogen-bond acceptors (Lipinski definition) is 9. The SMILES string of the molecule is Cn1cc(NC(=O)CCCOc2cc3c(cc2OC2CC(O)CC(CO)O2)C(=O)N2CCCCC2C=N3)cc1C=O. The van der Waals surface area contributed by atoms with E-state index in [1.165, 1.54) is 0 Å². The lowest BCUT2D eigenvalue weighted by Crippen LogP contribution is -2.43. The number of carbonyl (C=O) groups is 3. The number of amides is 2. The summed E-state index contributed by atoms with van der Waals surface area (Å²) in [4.78, 5) is 43.4. The highest BCUT2D eigenvalue weighted by Gasteiger charge is 2.33. The Hall–Kier alpha value is -3.74. The van der Waals surface area contributed by atoms with Crippen LogP contribution in [0.1, 0.15) is 65.8 Å². The average molecular weight is 569 g/mol. The summed E-state index contributed by atoms with van der Waals surface area (Å²) in [5.74, 6) is 0.235. The Balaban J connectivity index is 1.30. The van der Waals surface area contributed by atoms with Gasteiger partial charge in [-0.2, -0.15) is 0 Å². The molecular formula is C29H36N4O8. The molecule has 12 nitrogen and oxygen atoms in total. The van der Waals surface area contributed by atoms with Crippen LogP contribution in [-0.4, -0.2) is 88.3 Å². The minimum absolute atomic E-state index is 0.0646. The van der Waals surface area contributed by atoms with Gasteiger partial charge in [0.25, 0.3) is 5.91 Å². The molecule has 0 aliphatic carbocycles. The summed E-state index contributed by atoms with van der Waals surface area (Å²) in [6.45, 7) is 0.577. The van der Waals surface area contributed by atoms with E-state index in [2.05, 4.69) is 10.3 Å². The van der Waals surface area contributed by atoms with Crippen LogP contribution in [0.25, 0.3) is 0 Å². The lowest BCUT2D eigenvalue weighted by atomic mass is 10.0. The van der Waals surface area contributed by atoms with Gasteiger partial charge >= 0.3 is 0 Å². The molecule has 2 fully saturated rings. The number of carbonyl (C=O) groups excluding carboxylic acids is 3. The lowest BCUT2D eigenvalue weighted by molar-refractivity contribution is -0.185. The van der Waals surface area contributed by atoms with Crippen molar-refractivity contribution in [2.24, 2.45) is 12.0 Å². The molecule has 2 amide bonds. The van der Waals surface area contributed by atoms with Crippen LogP contribution in [0.2, 0.25) is 0 Å². The molecule has 1 aromatic carbocycles. The normalized spacial score (nSPS) is 23.8. The molecule has 5 rings (SSSR count). The molecule has 0 radical (unpaired) electrons. The quantitative estimate of drug-likeness (QED) is 0.292. The van der Waals surface area contributed by atoms with Crippen molar-refractivity contribution in [2.75, 3.05) is 25.1 Å². The lowest BCUT2D eigenvalue weighted by Gasteiger charge is -2.33. The summed E-state index contributed by atoms with van der Waals surface area (Å²) >= 11 is 0. The number of fused-ring (bicyclic) bond motifs is 2. The van der Waals surface area contributed by atoms with Gasteiger partial charge in [-0.25, -0.2) is 0 Å². The number of piperidine rings is 1. The number of benzene rings is 1. The first kappa shape index (κ1) is 28.8. The van der Waals surface area contributed by atoms with Crippen molar-refractivity contribution in [3.05, 3.63) is 35.7 Å². The van der Waals surface area contributed by atoms with Crippen molar-refractivity contribution in [3.63, 3.8) is 0 Å². The van der Waals surface area contributed by atoms with E-state index in [0.717, 1.165) is 25.5 Å². The predicted molar refractivity (Wildman–Crippen MR) is 149 cm³/mol. The Bertz CT molecular complexity index is 1310. The van der Waals surface area contributed by atoms with E-state index in [-0.39, 0.29) is 49.7 Å². The van der Waals surface area contributed by atoms with Crippen molar-refractivity contribution >= 4 is 35.7 Å². The maximum absolute atomic E-state index is 13.5. The third-order valence-corrected chi connectivity index (χ3v) is 7.55. The summed E-state index contributed by atoms with van der Waals surface area (Å²) in [6, 6.07) is 4.80. The maximum Gasteiger partial charge on any atom is 0.256 e. The van der Waals surface area contributed by atoms with Gasteiger partial charge in [-0.05, 0) is 37.8 Å². The molecule has 3 N–H and O–H groups in total. The van der Waals surface area contributed by atoms with Crippen molar-refractivity contribution in [1.29, 1.82) is 0 Å². The van der Waals surface area contributed by atoms with Crippen LogP contribution in [0.5, 0.6) is 11.5 Å². The van der Waals surface area contributed by atoms with Gasteiger partial charge in [-0.3, -0.25) is 19.4 Å². The second-order valence-corrected chi connectivity index (χ2v) is 10.7. The van der Waals surface area contributed by atoms with E-state index < -0.39 is 18.5 Å². The number of rotatable bonds is 10. The highest BCUT2D eigenvalue weighted by Crippen LogP contribution is 2.39. The molecule has 4 heterocycles. The van der Waals surface area contributed by atoms with Crippen LogP contribution in [0.4, 0.5) is 11.4 Å². The minimum atomic E-state index is -0.851. The first-order chi connectivity index (χ1) is 19.8. The molecule has 220 valence electrons. The second kappa shape index (κ2) is 12.8. The number of aliphatic hydroxyl groups is 2. The smallest absolute Gasteiger partial charge is 0.256 e. The van der Waals surface area contributed by atoms with Crippen molar-refractivity contribution in [3.8, 4) is 11.5 Å². The minimum Gasteiger partial charge on any atom is -0.490 e. The molecule has 12 heteroatoms. The molecular weight excluding hydrogens is 532 g/mol. The first-order valence-electron chi connectivity index (χ1n) is 14.0. The molecule has 2 saturated heterocycles. The number of ether oxygens (including phenoxy) is 3. The third kappa shape index (κ3) is 6.77. The van der Waals surface area contributed by atoms with Gasteiger partial charge in [0.1, 0.15) is 0 Å². The monoisotopic (exact) mass is 568 g/mol. The molecule has 0 bridgehead atoms. The molecule has 0 saturated carbocycles. The highest BCUT2D eigenvalue weighted by atomic mass is 16.7. The molecule has 1 aromatic heterocycles. The van der Waals surface area contributed by atoms with E-state index in [1.54, 1.807) is 36.0 Å². The number of aldehydes is 1. The van der Waals surface area contributed by atoms with Crippen LogP contribution in [-0.2, 0) is 16.6 Å². The van der Waals surface area contributed by atoms with Crippen molar-refractivity contribution in [1.82, 2.24) is 9.47 Å². The van der Waals surface area contributed by atoms with Gasteiger partial charge < -0.3 is 39.2 Å². The number of nitrogens with one attached hydrogen (secondary N) is 1. The summed E-state index contributed by atoms with van der Waals surface area (Å²) in [6.07, 6.45) is 5.94. The van der Waals surface area contributed by atoms with Crippen LogP contribution in [0, 0.1) is 0 Å². The Kier molecular flexibility index (Phi) is 9.01. The first-order valence-corrected chi connectivity index (χ1v) is 14.0. The fourth-order valence-electron chi connectivity index (χ4n) is 5.41. The number of aliphatic hydroxyl groups excluding tert-OH is 2. The van der Waals surface area contributed by atoms with E-state index >= 15 is 0 Å². The number of aliphatic imine (C=N–C) groups is 1. The van der Waals surface area contributed by atoms with Gasteiger partial charge in [0, 0.05) is 51.3 Å². The average Bonchev–Trinajstić information content (AvgIpc) is 3.25. The van der Waals surface area contributed by atoms with Gasteiger partial charge in [0.15, 0.2) is 17.8 Å². The van der Waals surface area contributed by atoms with Gasteiger partial charge in [-0.15, -0.1) is 0 Å².